The van der Waals surface area contributed by atoms with E-state index in [0.717, 1.165) is 12.1 Å². The first-order chi connectivity index (χ1) is 9.56. The van der Waals surface area contributed by atoms with E-state index in [4.69, 9.17) is 5.11 Å². The monoisotopic (exact) mass is 284 g/mol. The third kappa shape index (κ3) is 2.90. The summed E-state index contributed by atoms with van der Waals surface area (Å²) in [5, 5.41) is 11.5. The Morgan fingerprint density at radius 2 is 1.90 bits per heavy atom. The highest BCUT2D eigenvalue weighted by molar-refractivity contribution is 5.78. The Morgan fingerprint density at radius 1 is 1.35 bits per heavy atom. The first-order valence-corrected chi connectivity index (χ1v) is 6.62. The van der Waals surface area contributed by atoms with Crippen molar-refractivity contribution in [1.82, 2.24) is 5.32 Å². The van der Waals surface area contributed by atoms with Crippen molar-refractivity contribution in [1.29, 1.82) is 0 Å². The van der Waals surface area contributed by atoms with Gasteiger partial charge in [0.25, 0.3) is 0 Å². The van der Waals surface area contributed by atoms with Crippen molar-refractivity contribution < 1.29 is 18.7 Å². The van der Waals surface area contributed by atoms with Gasteiger partial charge in [0, 0.05) is 26.1 Å². The van der Waals surface area contributed by atoms with E-state index in [2.05, 4.69) is 5.32 Å². The predicted molar refractivity (Wildman–Crippen MR) is 71.3 cm³/mol. The molecule has 1 aliphatic rings. The SMILES string of the molecule is CNC(=O)C1CCN(c2c(F)cc(CO)cc2F)CC1. The maximum atomic E-state index is 13.9. The van der Waals surface area contributed by atoms with Crippen molar-refractivity contribution in [2.75, 3.05) is 25.0 Å². The number of benzene rings is 1. The molecule has 4 nitrogen and oxygen atoms in total. The summed E-state index contributed by atoms with van der Waals surface area (Å²) in [5.74, 6) is -1.47. The van der Waals surface area contributed by atoms with E-state index in [1.165, 1.54) is 0 Å². The highest BCUT2D eigenvalue weighted by atomic mass is 19.1. The van der Waals surface area contributed by atoms with Crippen LogP contribution in [0.15, 0.2) is 12.1 Å². The molecular weight excluding hydrogens is 266 g/mol. The van der Waals surface area contributed by atoms with Crippen LogP contribution in [0.5, 0.6) is 0 Å². The molecule has 1 aromatic rings. The van der Waals surface area contributed by atoms with Crippen LogP contribution in [-0.4, -0.2) is 31.2 Å². The lowest BCUT2D eigenvalue weighted by molar-refractivity contribution is -0.125. The summed E-state index contributed by atoms with van der Waals surface area (Å²) in [5.41, 5.74) is 0.140. The Bertz CT molecular complexity index is 477. The van der Waals surface area contributed by atoms with Crippen LogP contribution in [0.4, 0.5) is 14.5 Å². The number of halogens is 2. The van der Waals surface area contributed by atoms with Gasteiger partial charge < -0.3 is 15.3 Å². The van der Waals surface area contributed by atoms with Crippen molar-refractivity contribution in [3.8, 4) is 0 Å². The van der Waals surface area contributed by atoms with Gasteiger partial charge in [-0.05, 0) is 30.5 Å². The number of carbonyl (C=O) groups excluding carboxylic acids is 1. The largest absolute Gasteiger partial charge is 0.392 e. The summed E-state index contributed by atoms with van der Waals surface area (Å²) >= 11 is 0. The molecule has 2 rings (SSSR count). The first kappa shape index (κ1) is 14.7. The van der Waals surface area contributed by atoms with Crippen LogP contribution < -0.4 is 10.2 Å². The summed E-state index contributed by atoms with van der Waals surface area (Å²) in [6.45, 7) is 0.474. The molecular formula is C14H18F2N2O2. The standard InChI is InChI=1S/C14H18F2N2O2/c1-17-14(20)10-2-4-18(5-3-10)13-11(15)6-9(8-19)7-12(13)16/h6-7,10,19H,2-5,8H2,1H3,(H,17,20). The average Bonchev–Trinajstić information content (AvgIpc) is 2.46. The molecule has 0 saturated carbocycles. The predicted octanol–water partition coefficient (Wildman–Crippen LogP) is 1.42. The number of hydrogen-bond donors (Lipinski definition) is 2. The molecule has 1 fully saturated rings. The minimum Gasteiger partial charge on any atom is -0.392 e. The summed E-state index contributed by atoms with van der Waals surface area (Å²) in [4.78, 5) is 13.1. The van der Waals surface area contributed by atoms with Gasteiger partial charge in [0.15, 0.2) is 0 Å². The molecule has 1 aromatic carbocycles. The van der Waals surface area contributed by atoms with Gasteiger partial charge >= 0.3 is 0 Å². The van der Waals surface area contributed by atoms with Crippen LogP contribution in [0, 0.1) is 17.6 Å². The van der Waals surface area contributed by atoms with Gasteiger partial charge in [-0.25, -0.2) is 8.78 Å². The first-order valence-electron chi connectivity index (χ1n) is 6.62. The van der Waals surface area contributed by atoms with Crippen molar-refractivity contribution in [2.45, 2.75) is 19.4 Å². The zero-order valence-electron chi connectivity index (χ0n) is 11.3. The normalized spacial score (nSPS) is 16.3. The van der Waals surface area contributed by atoms with Crippen LogP contribution in [0.1, 0.15) is 18.4 Å². The fourth-order valence-corrected chi connectivity index (χ4v) is 2.58. The molecule has 0 unspecified atom stereocenters. The van der Waals surface area contributed by atoms with E-state index in [9.17, 15) is 13.6 Å². The maximum Gasteiger partial charge on any atom is 0.222 e. The third-order valence-electron chi connectivity index (χ3n) is 3.69. The van der Waals surface area contributed by atoms with Crippen molar-refractivity contribution in [3.05, 3.63) is 29.3 Å². The number of piperidine rings is 1. The van der Waals surface area contributed by atoms with Crippen LogP contribution in [-0.2, 0) is 11.4 Å². The van der Waals surface area contributed by atoms with E-state index < -0.39 is 18.2 Å². The smallest absolute Gasteiger partial charge is 0.222 e. The molecule has 0 atom stereocenters. The van der Waals surface area contributed by atoms with Gasteiger partial charge in [0.2, 0.25) is 5.91 Å². The number of anilines is 1. The number of aliphatic hydroxyl groups is 1. The van der Waals surface area contributed by atoms with Gasteiger partial charge in [-0.3, -0.25) is 4.79 Å². The lowest BCUT2D eigenvalue weighted by Gasteiger charge is -2.33. The Labute approximate surface area is 116 Å². The van der Waals surface area contributed by atoms with Crippen LogP contribution in [0.2, 0.25) is 0 Å². The number of hydrogen-bond acceptors (Lipinski definition) is 3. The maximum absolute atomic E-state index is 13.9. The second kappa shape index (κ2) is 6.17. The van der Waals surface area contributed by atoms with Gasteiger partial charge in [0.1, 0.15) is 17.3 Å². The molecule has 0 aliphatic carbocycles. The molecule has 1 heterocycles. The molecule has 2 N–H and O–H groups in total. The van der Waals surface area contributed by atoms with Crippen LogP contribution in [0.3, 0.4) is 0 Å². The second-order valence-corrected chi connectivity index (χ2v) is 4.94. The van der Waals surface area contributed by atoms with E-state index >= 15 is 0 Å². The molecule has 20 heavy (non-hydrogen) atoms. The molecule has 1 amide bonds. The number of nitrogens with zero attached hydrogens (tertiary/aromatic N) is 1. The zero-order valence-corrected chi connectivity index (χ0v) is 11.3. The summed E-state index contributed by atoms with van der Waals surface area (Å²) in [7, 11) is 1.58. The highest BCUT2D eigenvalue weighted by Crippen LogP contribution is 2.29. The van der Waals surface area contributed by atoms with E-state index in [1.54, 1.807) is 11.9 Å². The molecule has 1 saturated heterocycles. The summed E-state index contributed by atoms with van der Waals surface area (Å²) in [6.07, 6.45) is 1.14. The lowest BCUT2D eigenvalue weighted by atomic mass is 9.95. The van der Waals surface area contributed by atoms with Crippen LogP contribution >= 0.6 is 0 Å². The fourth-order valence-electron chi connectivity index (χ4n) is 2.58. The summed E-state index contributed by atoms with van der Waals surface area (Å²) in [6, 6.07) is 2.28. The number of amides is 1. The molecule has 0 bridgehead atoms. The van der Waals surface area contributed by atoms with Crippen molar-refractivity contribution in [3.63, 3.8) is 0 Å². The van der Waals surface area contributed by atoms with Gasteiger partial charge in [-0.2, -0.15) is 0 Å². The van der Waals surface area contributed by atoms with E-state index in [1.807, 2.05) is 0 Å². The number of rotatable bonds is 3. The molecule has 0 spiro atoms. The number of carbonyl (C=O) groups is 1. The minimum absolute atomic E-state index is 0.0266. The molecule has 110 valence electrons. The van der Waals surface area contributed by atoms with Crippen molar-refractivity contribution >= 4 is 11.6 Å². The number of nitrogens with one attached hydrogen (secondary N) is 1. The minimum atomic E-state index is -0.674. The second-order valence-electron chi connectivity index (χ2n) is 4.94. The van der Waals surface area contributed by atoms with Gasteiger partial charge in [-0.1, -0.05) is 0 Å². The number of aliphatic hydroxyl groups excluding tert-OH is 1. The highest BCUT2D eigenvalue weighted by Gasteiger charge is 2.27. The van der Waals surface area contributed by atoms with E-state index in [0.29, 0.717) is 25.9 Å². The van der Waals surface area contributed by atoms with Gasteiger partial charge in [-0.15, -0.1) is 0 Å². The summed E-state index contributed by atoms with van der Waals surface area (Å²) < 4.78 is 27.9. The fraction of sp³-hybridized carbons (Fsp3) is 0.500. The Hall–Kier alpha value is -1.69. The van der Waals surface area contributed by atoms with Crippen molar-refractivity contribution in [2.24, 2.45) is 5.92 Å². The van der Waals surface area contributed by atoms with E-state index in [-0.39, 0.29) is 23.1 Å². The van der Waals surface area contributed by atoms with Gasteiger partial charge in [0.05, 0.1) is 6.61 Å². The zero-order chi connectivity index (χ0) is 14.7. The molecule has 0 aromatic heterocycles. The molecule has 1 aliphatic heterocycles. The Balaban J connectivity index is 2.13. The Morgan fingerprint density at radius 3 is 2.35 bits per heavy atom. The quantitative estimate of drug-likeness (QED) is 0.882. The van der Waals surface area contributed by atoms with Crippen LogP contribution in [0.25, 0.3) is 0 Å². The lowest BCUT2D eigenvalue weighted by Crippen LogP contribution is -2.40. The Kier molecular flexibility index (Phi) is 4.54. The molecule has 6 heteroatoms. The average molecular weight is 284 g/mol. The topological polar surface area (TPSA) is 52.6 Å². The third-order valence-corrected chi connectivity index (χ3v) is 3.69. The molecule has 0 radical (unpaired) electrons.